The molecule has 72 valence electrons. The average molecular weight is 177 g/mol. The van der Waals surface area contributed by atoms with E-state index >= 15 is 0 Å². The maximum Gasteiger partial charge on any atom is 0.0217 e. The molecule has 0 radical (unpaired) electrons. The molecule has 1 nitrogen and oxygen atoms in total. The molecule has 0 amide bonds. The van der Waals surface area contributed by atoms with E-state index in [1.54, 1.807) is 0 Å². The number of hydrogen-bond donors (Lipinski definition) is 0. The molecule has 1 heteroatoms. The van der Waals surface area contributed by atoms with Gasteiger partial charge in [0.05, 0.1) is 0 Å². The van der Waals surface area contributed by atoms with Crippen molar-refractivity contribution < 1.29 is 0 Å². The molecule has 0 saturated carbocycles. The summed E-state index contributed by atoms with van der Waals surface area (Å²) in [6.45, 7) is 9.86. The molecular weight excluding hydrogens is 158 g/mol. The molecular formula is C12H19N. The van der Waals surface area contributed by atoms with Crippen LogP contribution in [0.3, 0.4) is 0 Å². The average Bonchev–Trinajstić information content (AvgIpc) is 2.03. The molecule has 0 aromatic carbocycles. The number of rotatable bonds is 2. The third kappa shape index (κ3) is 3.65. The third-order valence-electron chi connectivity index (χ3n) is 2.32. The highest BCUT2D eigenvalue weighted by Crippen LogP contribution is 2.13. The van der Waals surface area contributed by atoms with Gasteiger partial charge in [0.2, 0.25) is 0 Å². The van der Waals surface area contributed by atoms with Gasteiger partial charge < -0.3 is 0 Å². The molecule has 0 aromatic rings. The summed E-state index contributed by atoms with van der Waals surface area (Å²) in [7, 11) is 0. The summed E-state index contributed by atoms with van der Waals surface area (Å²) in [5.41, 5.74) is 1.50. The molecule has 0 aliphatic carbocycles. The van der Waals surface area contributed by atoms with Crippen molar-refractivity contribution in [3.05, 3.63) is 11.6 Å². The molecule has 0 aromatic heterocycles. The molecule has 13 heavy (non-hydrogen) atoms. The summed E-state index contributed by atoms with van der Waals surface area (Å²) >= 11 is 0. The topological polar surface area (TPSA) is 3.24 Å². The molecule has 0 N–H and O–H groups in total. The minimum atomic E-state index is 0.711. The van der Waals surface area contributed by atoms with E-state index in [0.717, 1.165) is 19.5 Å². The minimum Gasteiger partial charge on any atom is -0.298 e. The summed E-state index contributed by atoms with van der Waals surface area (Å²) in [6.07, 6.45) is 3.39. The van der Waals surface area contributed by atoms with Crippen LogP contribution in [0.15, 0.2) is 11.6 Å². The van der Waals surface area contributed by atoms with E-state index in [-0.39, 0.29) is 0 Å². The van der Waals surface area contributed by atoms with Crippen molar-refractivity contribution in [1.29, 1.82) is 0 Å². The zero-order valence-electron chi connectivity index (χ0n) is 8.93. The number of hydrogen-bond acceptors (Lipinski definition) is 1. The Hall–Kier alpha value is -0.740. The second-order valence-corrected chi connectivity index (χ2v) is 3.90. The van der Waals surface area contributed by atoms with Crippen molar-refractivity contribution in [2.24, 2.45) is 5.92 Å². The molecule has 1 heterocycles. The standard InChI is InChI=1S/C12H19N/c1-4-5-6-7-13-9-11(2)8-12(3)10-13/h8,11H,6-7,9-10H2,1-3H3. The zero-order valence-corrected chi connectivity index (χ0v) is 8.93. The predicted molar refractivity (Wildman–Crippen MR) is 57.4 cm³/mol. The lowest BCUT2D eigenvalue weighted by molar-refractivity contribution is 0.264. The lowest BCUT2D eigenvalue weighted by Gasteiger charge is -2.28. The minimum absolute atomic E-state index is 0.711. The Kier molecular flexibility index (Phi) is 4.05. The number of nitrogens with zero attached hydrogens (tertiary/aromatic N) is 1. The Morgan fingerprint density at radius 2 is 2.38 bits per heavy atom. The van der Waals surface area contributed by atoms with Crippen LogP contribution in [0.25, 0.3) is 0 Å². The summed E-state index contributed by atoms with van der Waals surface area (Å²) in [5, 5.41) is 0. The van der Waals surface area contributed by atoms with Crippen LogP contribution in [-0.4, -0.2) is 24.5 Å². The van der Waals surface area contributed by atoms with Gasteiger partial charge in [0.1, 0.15) is 0 Å². The van der Waals surface area contributed by atoms with Gasteiger partial charge in [-0.05, 0) is 19.8 Å². The van der Waals surface area contributed by atoms with Gasteiger partial charge in [0.25, 0.3) is 0 Å². The quantitative estimate of drug-likeness (QED) is 0.462. The maximum atomic E-state index is 3.11. The van der Waals surface area contributed by atoms with Crippen LogP contribution >= 0.6 is 0 Å². The van der Waals surface area contributed by atoms with E-state index in [4.69, 9.17) is 0 Å². The van der Waals surface area contributed by atoms with Crippen LogP contribution in [0.4, 0.5) is 0 Å². The van der Waals surface area contributed by atoms with E-state index < -0.39 is 0 Å². The van der Waals surface area contributed by atoms with Gasteiger partial charge in [0.15, 0.2) is 0 Å². The van der Waals surface area contributed by atoms with Gasteiger partial charge >= 0.3 is 0 Å². The first-order chi connectivity index (χ1) is 6.22. The fourth-order valence-corrected chi connectivity index (χ4v) is 1.92. The Morgan fingerprint density at radius 3 is 3.00 bits per heavy atom. The second kappa shape index (κ2) is 5.09. The fourth-order valence-electron chi connectivity index (χ4n) is 1.92. The van der Waals surface area contributed by atoms with Crippen molar-refractivity contribution in [2.45, 2.75) is 27.2 Å². The first-order valence-corrected chi connectivity index (χ1v) is 5.01. The Labute approximate surface area is 81.8 Å². The van der Waals surface area contributed by atoms with Crippen LogP contribution in [0.1, 0.15) is 27.2 Å². The van der Waals surface area contributed by atoms with E-state index in [1.165, 1.54) is 12.1 Å². The molecule has 0 saturated heterocycles. The zero-order chi connectivity index (χ0) is 9.68. The SMILES string of the molecule is CC#CCCN1CC(C)=CC(C)C1. The van der Waals surface area contributed by atoms with Crippen molar-refractivity contribution in [1.82, 2.24) is 4.90 Å². The van der Waals surface area contributed by atoms with Gasteiger partial charge in [-0.15, -0.1) is 11.8 Å². The first-order valence-electron chi connectivity index (χ1n) is 5.01. The van der Waals surface area contributed by atoms with E-state index in [2.05, 4.69) is 36.7 Å². The van der Waals surface area contributed by atoms with Gasteiger partial charge in [-0.1, -0.05) is 18.6 Å². The summed E-state index contributed by atoms with van der Waals surface area (Å²) < 4.78 is 0. The molecule has 0 spiro atoms. The van der Waals surface area contributed by atoms with Crippen LogP contribution in [0.2, 0.25) is 0 Å². The molecule has 1 unspecified atom stereocenters. The van der Waals surface area contributed by atoms with Crippen LogP contribution in [0, 0.1) is 17.8 Å². The van der Waals surface area contributed by atoms with Crippen molar-refractivity contribution in [3.63, 3.8) is 0 Å². The monoisotopic (exact) mass is 177 g/mol. The molecule has 0 fully saturated rings. The van der Waals surface area contributed by atoms with E-state index in [0.29, 0.717) is 5.92 Å². The van der Waals surface area contributed by atoms with Crippen LogP contribution in [0.5, 0.6) is 0 Å². The second-order valence-electron chi connectivity index (χ2n) is 3.90. The first kappa shape index (κ1) is 10.3. The highest BCUT2D eigenvalue weighted by atomic mass is 15.1. The van der Waals surface area contributed by atoms with Crippen LogP contribution in [-0.2, 0) is 0 Å². The summed E-state index contributed by atoms with van der Waals surface area (Å²) in [5.74, 6) is 6.76. The Balaban J connectivity index is 2.35. The maximum absolute atomic E-state index is 3.11. The lowest BCUT2D eigenvalue weighted by atomic mass is 10.0. The van der Waals surface area contributed by atoms with Crippen molar-refractivity contribution >= 4 is 0 Å². The van der Waals surface area contributed by atoms with Crippen molar-refractivity contribution in [3.8, 4) is 11.8 Å². The Bertz CT molecular complexity index is 242. The normalized spacial score (nSPS) is 23.3. The molecule has 1 aliphatic rings. The third-order valence-corrected chi connectivity index (χ3v) is 2.32. The fraction of sp³-hybridized carbons (Fsp3) is 0.667. The lowest BCUT2D eigenvalue weighted by Crippen LogP contribution is -2.34. The Morgan fingerprint density at radius 1 is 1.62 bits per heavy atom. The smallest absolute Gasteiger partial charge is 0.0217 e. The van der Waals surface area contributed by atoms with E-state index in [9.17, 15) is 0 Å². The predicted octanol–water partition coefficient (Wildman–Crippen LogP) is 2.30. The summed E-state index contributed by atoms with van der Waals surface area (Å²) in [6, 6.07) is 0. The highest BCUT2D eigenvalue weighted by molar-refractivity contribution is 5.07. The summed E-state index contributed by atoms with van der Waals surface area (Å²) in [4.78, 5) is 2.49. The van der Waals surface area contributed by atoms with Gasteiger partial charge in [0, 0.05) is 26.1 Å². The molecule has 0 bridgehead atoms. The van der Waals surface area contributed by atoms with Gasteiger partial charge in [-0.2, -0.15) is 0 Å². The largest absolute Gasteiger partial charge is 0.298 e. The van der Waals surface area contributed by atoms with Gasteiger partial charge in [-0.3, -0.25) is 4.90 Å². The highest BCUT2D eigenvalue weighted by Gasteiger charge is 2.13. The molecule has 1 rings (SSSR count). The van der Waals surface area contributed by atoms with Crippen molar-refractivity contribution in [2.75, 3.05) is 19.6 Å². The molecule has 1 aliphatic heterocycles. The van der Waals surface area contributed by atoms with Crippen LogP contribution < -0.4 is 0 Å². The molecule has 1 atom stereocenters. The van der Waals surface area contributed by atoms with E-state index in [1.807, 2.05) is 6.92 Å². The van der Waals surface area contributed by atoms with Gasteiger partial charge in [-0.25, -0.2) is 0 Å².